The Kier molecular flexibility index (Phi) is 15.5. The van der Waals surface area contributed by atoms with Crippen molar-refractivity contribution in [1.82, 2.24) is 36.2 Å². The predicted molar refractivity (Wildman–Crippen MR) is 221 cm³/mol. The first-order chi connectivity index (χ1) is 28.0. The molecule has 0 bridgehead atoms. The number of H-pyrrole nitrogens is 2. The van der Waals surface area contributed by atoms with Gasteiger partial charge in [-0.05, 0) is 48.4 Å². The summed E-state index contributed by atoms with van der Waals surface area (Å²) in [5.74, 6) is -3.15. The maximum atomic E-state index is 14.2. The van der Waals surface area contributed by atoms with Crippen molar-refractivity contribution in [2.75, 3.05) is 6.54 Å². The molecule has 4 atom stereocenters. The molecular weight excluding hydrogens is 739 g/mol. The second-order valence-corrected chi connectivity index (χ2v) is 14.0. The standard InChI is InChI=1S/C42H51N11O5/c43-38(55)34(22-29-24-48-32-17-8-7-16-31(29)32)52-39(56)33(18-10-20-47-42(44)45)51-40(57)35(21-28-13-5-2-6-14-28)53-41(58)36(23-30-25-46-26-49-30)50-37(54)19-9-15-27-11-3-1-4-12-27/h1-8,11-14,16-17,24-26,33-36,48H,9-10,15,18-23H2,(H2,43,55)(H,46,49)(H,50,54)(H,51,57)(H,52,56)(H,53,58)(H4,44,45,47)/t33-,34-,35-,36-/m0/s1. The molecule has 0 spiro atoms. The van der Waals surface area contributed by atoms with Gasteiger partial charge in [-0.3, -0.25) is 29.0 Å². The van der Waals surface area contributed by atoms with Gasteiger partial charge in [0.25, 0.3) is 0 Å². The molecule has 0 saturated carbocycles. The highest BCUT2D eigenvalue weighted by molar-refractivity contribution is 5.96. The number of nitrogens with one attached hydrogen (secondary N) is 6. The quantitative estimate of drug-likeness (QED) is 0.0281. The number of aromatic nitrogens is 3. The van der Waals surface area contributed by atoms with Crippen LogP contribution in [0.15, 0.2) is 109 Å². The summed E-state index contributed by atoms with van der Waals surface area (Å²) in [4.78, 5) is 82.2. The third-order valence-corrected chi connectivity index (χ3v) is 9.60. The first kappa shape index (κ1) is 42.2. The molecule has 5 aromatic rings. The smallest absolute Gasteiger partial charge is 0.243 e. The third kappa shape index (κ3) is 13.1. The fourth-order valence-electron chi connectivity index (χ4n) is 6.58. The van der Waals surface area contributed by atoms with E-state index in [2.05, 4.69) is 41.2 Å². The van der Waals surface area contributed by atoms with Crippen molar-refractivity contribution in [3.05, 3.63) is 126 Å². The fraction of sp³-hybridized carbons (Fsp3) is 0.310. The Morgan fingerprint density at radius 1 is 0.655 bits per heavy atom. The number of carbonyl (C=O) groups excluding carboxylic acids is 5. The van der Waals surface area contributed by atoms with Crippen LogP contribution in [0.4, 0.5) is 0 Å². The van der Waals surface area contributed by atoms with Crippen molar-refractivity contribution in [1.29, 1.82) is 0 Å². The number of imidazole rings is 1. The summed E-state index contributed by atoms with van der Waals surface area (Å²) in [6, 6.07) is 21.9. The summed E-state index contributed by atoms with van der Waals surface area (Å²) in [7, 11) is 0. The second-order valence-electron chi connectivity index (χ2n) is 14.0. The highest BCUT2D eigenvalue weighted by atomic mass is 16.2. The summed E-state index contributed by atoms with van der Waals surface area (Å²) in [6.45, 7) is 0.168. The van der Waals surface area contributed by atoms with E-state index in [-0.39, 0.29) is 56.9 Å². The van der Waals surface area contributed by atoms with Gasteiger partial charge in [-0.2, -0.15) is 0 Å². The van der Waals surface area contributed by atoms with Gasteiger partial charge < -0.3 is 48.4 Å². The number of amides is 5. The van der Waals surface area contributed by atoms with Gasteiger partial charge in [-0.1, -0.05) is 78.9 Å². The van der Waals surface area contributed by atoms with Crippen LogP contribution >= 0.6 is 0 Å². The topological polar surface area (TPSA) is 268 Å². The van der Waals surface area contributed by atoms with Gasteiger partial charge in [0.15, 0.2) is 5.96 Å². The van der Waals surface area contributed by atoms with E-state index in [0.29, 0.717) is 18.5 Å². The van der Waals surface area contributed by atoms with Crippen LogP contribution in [0.5, 0.6) is 0 Å². The average Bonchev–Trinajstić information content (AvgIpc) is 3.89. The van der Waals surface area contributed by atoms with Gasteiger partial charge in [-0.15, -0.1) is 0 Å². The fourth-order valence-corrected chi connectivity index (χ4v) is 6.58. The summed E-state index contributed by atoms with van der Waals surface area (Å²) in [5, 5.41) is 12.1. The molecule has 0 aliphatic heterocycles. The second kappa shape index (κ2) is 21.4. The van der Waals surface area contributed by atoms with E-state index in [4.69, 9.17) is 17.2 Å². The maximum absolute atomic E-state index is 14.2. The Balaban J connectivity index is 1.33. The number of aryl methyl sites for hydroxylation is 1. The van der Waals surface area contributed by atoms with E-state index in [1.54, 1.807) is 24.5 Å². The molecule has 0 saturated heterocycles. The molecule has 0 unspecified atom stereocenters. The van der Waals surface area contributed by atoms with Gasteiger partial charge in [0.2, 0.25) is 29.5 Å². The van der Waals surface area contributed by atoms with Gasteiger partial charge in [0.1, 0.15) is 24.2 Å². The summed E-state index contributed by atoms with van der Waals surface area (Å²) in [6.07, 6.45) is 6.83. The highest BCUT2D eigenvalue weighted by Crippen LogP contribution is 2.19. The first-order valence-electron chi connectivity index (χ1n) is 19.2. The summed E-state index contributed by atoms with van der Waals surface area (Å²) >= 11 is 0. The zero-order valence-corrected chi connectivity index (χ0v) is 32.2. The highest BCUT2D eigenvalue weighted by Gasteiger charge is 2.32. The van der Waals surface area contributed by atoms with Gasteiger partial charge in [0.05, 0.1) is 6.33 Å². The number of primary amides is 1. The normalized spacial score (nSPS) is 13.0. The van der Waals surface area contributed by atoms with Crippen LogP contribution < -0.4 is 38.5 Å². The average molecular weight is 790 g/mol. The van der Waals surface area contributed by atoms with E-state index in [1.807, 2.05) is 72.8 Å². The van der Waals surface area contributed by atoms with Crippen molar-refractivity contribution in [3.63, 3.8) is 0 Å². The number of para-hydroxylation sites is 1. The van der Waals surface area contributed by atoms with Crippen LogP contribution in [0.3, 0.4) is 0 Å². The third-order valence-electron chi connectivity index (χ3n) is 9.60. The Morgan fingerprint density at radius 3 is 1.95 bits per heavy atom. The number of rotatable bonds is 22. The molecule has 58 heavy (non-hydrogen) atoms. The Morgan fingerprint density at radius 2 is 1.28 bits per heavy atom. The number of aromatic amines is 2. The van der Waals surface area contributed by atoms with Crippen LogP contribution in [0.1, 0.15) is 48.1 Å². The van der Waals surface area contributed by atoms with Gasteiger partial charge >= 0.3 is 0 Å². The molecule has 304 valence electrons. The number of carbonyl (C=O) groups is 5. The lowest BCUT2D eigenvalue weighted by Crippen LogP contribution is -2.59. The molecule has 0 aliphatic carbocycles. The number of guanidine groups is 1. The Labute approximate surface area is 336 Å². The number of hydrogen-bond donors (Lipinski definition) is 9. The zero-order valence-electron chi connectivity index (χ0n) is 32.2. The number of nitrogens with zero attached hydrogens (tertiary/aromatic N) is 2. The molecule has 2 heterocycles. The number of benzene rings is 3. The lowest BCUT2D eigenvalue weighted by Gasteiger charge is -2.26. The van der Waals surface area contributed by atoms with Crippen LogP contribution in [-0.4, -0.2) is 81.2 Å². The maximum Gasteiger partial charge on any atom is 0.243 e. The lowest BCUT2D eigenvalue weighted by atomic mass is 10.0. The lowest BCUT2D eigenvalue weighted by molar-refractivity contribution is -0.134. The van der Waals surface area contributed by atoms with E-state index < -0.39 is 47.8 Å². The predicted octanol–water partition coefficient (Wildman–Crippen LogP) is 1.42. The Hall–Kier alpha value is -6.97. The molecular formula is C42H51N11O5. The molecule has 16 heteroatoms. The van der Waals surface area contributed by atoms with Crippen LogP contribution in [-0.2, 0) is 49.7 Å². The van der Waals surface area contributed by atoms with E-state index in [0.717, 1.165) is 27.6 Å². The molecule has 16 nitrogen and oxygen atoms in total. The number of aliphatic imine (C=N–C) groups is 1. The first-order valence-corrected chi connectivity index (χ1v) is 19.2. The number of nitrogens with two attached hydrogens (primary N) is 3. The van der Waals surface area contributed by atoms with Crippen LogP contribution in [0, 0.1) is 0 Å². The van der Waals surface area contributed by atoms with E-state index in [1.165, 1.54) is 6.33 Å². The van der Waals surface area contributed by atoms with Crippen LogP contribution in [0.2, 0.25) is 0 Å². The molecule has 12 N–H and O–H groups in total. The van der Waals surface area contributed by atoms with Gasteiger partial charge in [0, 0.05) is 61.2 Å². The number of fused-ring (bicyclic) bond motifs is 1. The van der Waals surface area contributed by atoms with Gasteiger partial charge in [-0.25, -0.2) is 4.98 Å². The van der Waals surface area contributed by atoms with E-state index in [9.17, 15) is 24.0 Å². The van der Waals surface area contributed by atoms with Crippen molar-refractivity contribution >= 4 is 46.4 Å². The minimum Gasteiger partial charge on any atom is -0.370 e. The largest absolute Gasteiger partial charge is 0.370 e. The Bertz CT molecular complexity index is 2130. The zero-order chi connectivity index (χ0) is 41.3. The molecule has 0 radical (unpaired) electrons. The molecule has 3 aromatic carbocycles. The number of hydrogen-bond acceptors (Lipinski definition) is 7. The summed E-state index contributed by atoms with van der Waals surface area (Å²) < 4.78 is 0. The van der Waals surface area contributed by atoms with Crippen molar-refractivity contribution in [2.24, 2.45) is 22.2 Å². The molecule has 5 rings (SSSR count). The molecule has 5 amide bonds. The summed E-state index contributed by atoms with van der Waals surface area (Å²) in [5.41, 5.74) is 20.9. The monoisotopic (exact) mass is 789 g/mol. The van der Waals surface area contributed by atoms with Crippen molar-refractivity contribution < 1.29 is 24.0 Å². The molecule has 2 aromatic heterocycles. The van der Waals surface area contributed by atoms with E-state index >= 15 is 0 Å². The minimum atomic E-state index is -1.18. The minimum absolute atomic E-state index is 0.0625. The van der Waals surface area contributed by atoms with Crippen LogP contribution in [0.25, 0.3) is 10.9 Å². The van der Waals surface area contributed by atoms with Crippen molar-refractivity contribution in [3.8, 4) is 0 Å². The molecule has 0 fully saturated rings. The SMILES string of the molecule is NC(=O)[C@H](Cc1c[nH]c2ccccc12)NC(=O)[C@H](CCCN=C(N)N)NC(=O)[C@H](Cc1ccccc1)NC(=O)[C@H](Cc1cnc[nH]1)NC(=O)CCCc1ccccc1. The van der Waals surface area contributed by atoms with Crippen molar-refractivity contribution in [2.45, 2.75) is 75.5 Å². The molecule has 0 aliphatic rings.